The molecule has 1 rings (SSSR count). The van der Waals surface area contributed by atoms with E-state index in [0.29, 0.717) is 5.56 Å². The monoisotopic (exact) mass is 408 g/mol. The summed E-state index contributed by atoms with van der Waals surface area (Å²) in [6.45, 7) is 4.62. The maximum absolute atomic E-state index is 11.8. The molecule has 0 saturated heterocycles. The summed E-state index contributed by atoms with van der Waals surface area (Å²) in [6.07, 6.45) is 12.7. The van der Waals surface area contributed by atoms with Crippen LogP contribution in [-0.2, 0) is 26.0 Å². The molecule has 164 valence electrons. The highest BCUT2D eigenvalue weighted by molar-refractivity contribution is 5.88. The van der Waals surface area contributed by atoms with Crippen molar-refractivity contribution in [3.05, 3.63) is 35.4 Å². The molecule has 0 radical (unpaired) electrons. The van der Waals surface area contributed by atoms with E-state index in [1.165, 1.54) is 44.9 Å². The average molecular weight is 409 g/mol. The van der Waals surface area contributed by atoms with Crippen molar-refractivity contribution in [2.75, 3.05) is 6.61 Å². The predicted molar refractivity (Wildman–Crippen MR) is 111 cm³/mol. The van der Waals surface area contributed by atoms with Gasteiger partial charge >= 0.3 is 12.1 Å². The molecule has 1 aromatic rings. The molecule has 6 nitrogen and oxygen atoms in total. The molecule has 0 unspecified atom stereocenters. The van der Waals surface area contributed by atoms with E-state index in [-0.39, 0.29) is 6.61 Å². The molecule has 0 spiro atoms. The molecule has 0 N–H and O–H groups in total. The number of hydrogen-bond acceptors (Lipinski definition) is 6. The van der Waals surface area contributed by atoms with Crippen molar-refractivity contribution >= 4 is 12.1 Å². The minimum atomic E-state index is -1.02. The molecule has 0 aromatic heterocycles. The van der Waals surface area contributed by atoms with Crippen LogP contribution in [0.1, 0.15) is 100 Å². The predicted octanol–water partition coefficient (Wildman–Crippen LogP) is 6.72. The van der Waals surface area contributed by atoms with E-state index in [1.807, 2.05) is 12.1 Å². The van der Waals surface area contributed by atoms with Crippen LogP contribution in [0, 0.1) is 0 Å². The van der Waals surface area contributed by atoms with Crippen molar-refractivity contribution in [3.8, 4) is 0 Å². The van der Waals surface area contributed by atoms with Gasteiger partial charge in [0, 0.05) is 0 Å². The van der Waals surface area contributed by atoms with Crippen molar-refractivity contribution in [3.63, 3.8) is 0 Å². The fraction of sp³-hybridized carbons (Fsp3) is 0.652. The number of benzene rings is 1. The smallest absolute Gasteiger partial charge is 0.432 e. The Hall–Kier alpha value is -2.08. The number of unbranched alkanes of at least 4 members (excludes halogenated alkanes) is 9. The summed E-state index contributed by atoms with van der Waals surface area (Å²) in [5.74, 6) is -0.735. The molecular weight excluding hydrogens is 372 g/mol. The van der Waals surface area contributed by atoms with E-state index >= 15 is 0 Å². The molecule has 0 fully saturated rings. The van der Waals surface area contributed by atoms with Crippen molar-refractivity contribution in [1.29, 1.82) is 0 Å². The Balaban J connectivity index is 2.06. The lowest BCUT2D eigenvalue weighted by Gasteiger charge is -2.05. The summed E-state index contributed by atoms with van der Waals surface area (Å²) in [4.78, 5) is 32.0. The first kappa shape index (κ1) is 25.0. The number of aryl methyl sites for hydroxylation is 1. The zero-order valence-corrected chi connectivity index (χ0v) is 18.0. The maximum atomic E-state index is 11.8. The third-order valence-corrected chi connectivity index (χ3v) is 4.69. The minimum absolute atomic E-state index is 0.255. The van der Waals surface area contributed by atoms with E-state index in [2.05, 4.69) is 28.7 Å². The summed E-state index contributed by atoms with van der Waals surface area (Å²) in [5, 5.41) is 4.23. The van der Waals surface area contributed by atoms with Crippen LogP contribution in [0.4, 0.5) is 4.79 Å². The van der Waals surface area contributed by atoms with Gasteiger partial charge in [0.15, 0.2) is 0 Å². The SMILES string of the molecule is CCCCCCCCCCOC(=O)OOOC(=O)c1ccc(CCCCC)cc1. The van der Waals surface area contributed by atoms with Crippen LogP contribution < -0.4 is 0 Å². The largest absolute Gasteiger partial charge is 0.543 e. The molecule has 1 aromatic carbocycles. The van der Waals surface area contributed by atoms with Gasteiger partial charge in [0.25, 0.3) is 0 Å². The zero-order chi connectivity index (χ0) is 21.2. The minimum Gasteiger partial charge on any atom is -0.432 e. The van der Waals surface area contributed by atoms with Gasteiger partial charge in [-0.2, -0.15) is 0 Å². The molecule has 29 heavy (non-hydrogen) atoms. The summed E-state index contributed by atoms with van der Waals surface area (Å²) in [7, 11) is 0. The lowest BCUT2D eigenvalue weighted by molar-refractivity contribution is -0.452. The van der Waals surface area contributed by atoms with E-state index < -0.39 is 12.1 Å². The topological polar surface area (TPSA) is 71.1 Å². The van der Waals surface area contributed by atoms with E-state index in [0.717, 1.165) is 37.7 Å². The van der Waals surface area contributed by atoms with Gasteiger partial charge in [-0.1, -0.05) is 83.8 Å². The van der Waals surface area contributed by atoms with Gasteiger partial charge in [-0.3, -0.25) is 4.89 Å². The zero-order valence-electron chi connectivity index (χ0n) is 18.0. The van der Waals surface area contributed by atoms with Crippen LogP contribution in [-0.4, -0.2) is 18.7 Å². The summed E-state index contributed by atoms with van der Waals surface area (Å²) in [6, 6.07) is 7.08. The number of rotatable bonds is 16. The quantitative estimate of drug-likeness (QED) is 0.131. The van der Waals surface area contributed by atoms with Crippen molar-refractivity contribution in [1.82, 2.24) is 0 Å². The van der Waals surface area contributed by atoms with E-state index in [1.54, 1.807) is 12.1 Å². The Morgan fingerprint density at radius 2 is 1.31 bits per heavy atom. The molecule has 0 aliphatic carbocycles. The fourth-order valence-electron chi connectivity index (χ4n) is 2.93. The Morgan fingerprint density at radius 1 is 0.724 bits per heavy atom. The molecule has 0 bridgehead atoms. The second-order valence-corrected chi connectivity index (χ2v) is 7.25. The van der Waals surface area contributed by atoms with Crippen molar-refractivity contribution in [2.24, 2.45) is 0 Å². The van der Waals surface area contributed by atoms with Crippen LogP contribution in [0.3, 0.4) is 0 Å². The fourth-order valence-corrected chi connectivity index (χ4v) is 2.93. The molecule has 0 aliphatic heterocycles. The summed E-state index contributed by atoms with van der Waals surface area (Å²) < 4.78 is 4.86. The second kappa shape index (κ2) is 16.8. The summed E-state index contributed by atoms with van der Waals surface area (Å²) >= 11 is 0. The normalized spacial score (nSPS) is 10.6. The Morgan fingerprint density at radius 3 is 1.97 bits per heavy atom. The van der Waals surface area contributed by atoms with Crippen LogP contribution in [0.2, 0.25) is 0 Å². The number of carbonyl (C=O) groups is 2. The lowest BCUT2D eigenvalue weighted by atomic mass is 10.1. The van der Waals surface area contributed by atoms with E-state index in [4.69, 9.17) is 4.74 Å². The molecule has 0 atom stereocenters. The van der Waals surface area contributed by atoms with Crippen LogP contribution in [0.25, 0.3) is 0 Å². The Labute approximate surface area is 174 Å². The van der Waals surface area contributed by atoms with Crippen LogP contribution in [0.5, 0.6) is 0 Å². The Kier molecular flexibility index (Phi) is 14.5. The first-order valence-electron chi connectivity index (χ1n) is 11.0. The third kappa shape index (κ3) is 12.9. The van der Waals surface area contributed by atoms with Crippen LogP contribution >= 0.6 is 0 Å². The molecule has 0 amide bonds. The maximum Gasteiger partial charge on any atom is 0.543 e. The van der Waals surface area contributed by atoms with Crippen molar-refractivity contribution in [2.45, 2.75) is 90.9 Å². The number of carbonyl (C=O) groups excluding carboxylic acids is 2. The molecule has 0 saturated carbocycles. The molecule has 0 heterocycles. The average Bonchev–Trinajstić information content (AvgIpc) is 2.73. The molecular formula is C23H36O6. The van der Waals surface area contributed by atoms with Gasteiger partial charge in [0.05, 0.1) is 17.2 Å². The first-order valence-corrected chi connectivity index (χ1v) is 11.0. The first-order chi connectivity index (χ1) is 14.2. The van der Waals surface area contributed by atoms with E-state index in [9.17, 15) is 9.59 Å². The van der Waals surface area contributed by atoms with Crippen LogP contribution in [0.15, 0.2) is 24.3 Å². The lowest BCUT2D eigenvalue weighted by Crippen LogP contribution is -2.12. The number of hydrogen-bond donors (Lipinski definition) is 0. The second-order valence-electron chi connectivity index (χ2n) is 7.25. The standard InChI is InChI=1S/C23H36O6/c1-3-5-7-8-9-10-11-13-19-26-23(25)28-29-27-22(24)21-17-15-20(16-18-21)14-12-6-4-2/h15-18H,3-14,19H2,1-2H3. The molecule has 6 heteroatoms. The van der Waals surface area contributed by atoms with Crippen molar-refractivity contribution < 1.29 is 29.1 Å². The highest BCUT2D eigenvalue weighted by Gasteiger charge is 2.12. The van der Waals surface area contributed by atoms with Gasteiger partial charge in [0.1, 0.15) is 0 Å². The Bertz CT molecular complexity index is 555. The highest BCUT2D eigenvalue weighted by Crippen LogP contribution is 2.11. The molecule has 0 aliphatic rings. The highest BCUT2D eigenvalue weighted by atomic mass is 17.5. The number of ether oxygens (including phenoxy) is 1. The summed E-state index contributed by atoms with van der Waals surface area (Å²) in [5.41, 5.74) is 1.48. The van der Waals surface area contributed by atoms with Gasteiger partial charge in [-0.25, -0.2) is 14.5 Å². The van der Waals surface area contributed by atoms with Gasteiger partial charge < -0.3 is 4.74 Å². The van der Waals surface area contributed by atoms with Gasteiger partial charge in [0.2, 0.25) is 0 Å². The van der Waals surface area contributed by atoms with Gasteiger partial charge in [-0.15, -0.1) is 0 Å². The van der Waals surface area contributed by atoms with Gasteiger partial charge in [-0.05, 0) is 37.0 Å². The third-order valence-electron chi connectivity index (χ3n) is 4.69.